The second kappa shape index (κ2) is 6.83. The Balaban J connectivity index is 3.77. The van der Waals surface area contributed by atoms with Crippen molar-refractivity contribution in [1.29, 1.82) is 0 Å². The molecule has 0 radical (unpaired) electrons. The molecule has 0 aliphatic carbocycles. The molecule has 0 aliphatic rings. The topological polar surface area (TPSA) is 46.2 Å². The second-order valence-electron chi connectivity index (χ2n) is 2.82. The highest BCUT2D eigenvalue weighted by molar-refractivity contribution is 5.91. The van der Waals surface area contributed by atoms with Gasteiger partial charge in [-0.25, -0.2) is 0 Å². The van der Waals surface area contributed by atoms with Crippen molar-refractivity contribution in [3.63, 3.8) is 0 Å². The third-order valence-electron chi connectivity index (χ3n) is 1.65. The van der Waals surface area contributed by atoms with Gasteiger partial charge in [-0.3, -0.25) is 4.79 Å². The maximum atomic E-state index is 11.2. The van der Waals surface area contributed by atoms with Crippen LogP contribution in [0, 0.1) is 5.92 Å². The van der Waals surface area contributed by atoms with Crippen LogP contribution < -0.4 is 5.32 Å². The predicted octanol–water partition coefficient (Wildman–Crippen LogP) is 1.13. The summed E-state index contributed by atoms with van der Waals surface area (Å²) in [5.74, 6) is -0.574. The number of rotatable bonds is 6. The summed E-state index contributed by atoms with van der Waals surface area (Å²) in [5.41, 5.74) is 0. The minimum atomic E-state index is -0.443. The molecular weight excluding hydrogens is 154 g/mol. The highest BCUT2D eigenvalue weighted by Gasteiger charge is 2.14. The summed E-state index contributed by atoms with van der Waals surface area (Å²) >= 11 is 0. The van der Waals surface area contributed by atoms with Crippen molar-refractivity contribution in [2.45, 2.75) is 33.1 Å². The van der Waals surface area contributed by atoms with Crippen molar-refractivity contribution in [3.8, 4) is 0 Å². The van der Waals surface area contributed by atoms with Gasteiger partial charge in [0.15, 0.2) is 0 Å². The maximum Gasteiger partial charge on any atom is 0.230 e. The fourth-order valence-electron chi connectivity index (χ4n) is 0.951. The Hall–Kier alpha value is -0.860. The summed E-state index contributed by atoms with van der Waals surface area (Å²) in [6.45, 7) is 4.60. The smallest absolute Gasteiger partial charge is 0.230 e. The molecule has 70 valence electrons. The molecule has 0 aromatic rings. The van der Waals surface area contributed by atoms with E-state index in [9.17, 15) is 9.59 Å². The van der Waals surface area contributed by atoms with Gasteiger partial charge in [0.1, 0.15) is 6.29 Å². The minimum Gasteiger partial charge on any atom is -0.356 e. The number of aldehydes is 1. The van der Waals surface area contributed by atoms with Crippen LogP contribution in [0.15, 0.2) is 0 Å². The largest absolute Gasteiger partial charge is 0.356 e. The van der Waals surface area contributed by atoms with Crippen molar-refractivity contribution in [1.82, 2.24) is 5.32 Å². The van der Waals surface area contributed by atoms with Gasteiger partial charge in [0.2, 0.25) is 5.91 Å². The van der Waals surface area contributed by atoms with Gasteiger partial charge in [-0.15, -0.1) is 0 Å². The first-order valence-electron chi connectivity index (χ1n) is 4.49. The highest BCUT2D eigenvalue weighted by Crippen LogP contribution is 2.02. The van der Waals surface area contributed by atoms with Gasteiger partial charge in [-0.05, 0) is 12.8 Å². The summed E-state index contributed by atoms with van der Waals surface area (Å²) in [6, 6.07) is 0. The molecule has 1 unspecified atom stereocenters. The Morgan fingerprint density at radius 1 is 1.42 bits per heavy atom. The average Bonchev–Trinajstić information content (AvgIpc) is 2.10. The molecule has 0 saturated carbocycles. The lowest BCUT2D eigenvalue weighted by atomic mass is 10.1. The van der Waals surface area contributed by atoms with Crippen molar-refractivity contribution < 1.29 is 9.59 Å². The third kappa shape index (κ3) is 4.11. The van der Waals surface area contributed by atoms with Crippen LogP contribution in [0.2, 0.25) is 0 Å². The molecule has 1 atom stereocenters. The predicted molar refractivity (Wildman–Crippen MR) is 47.8 cm³/mol. The van der Waals surface area contributed by atoms with Gasteiger partial charge in [0.25, 0.3) is 0 Å². The summed E-state index contributed by atoms with van der Waals surface area (Å²) in [7, 11) is 0. The molecule has 0 rings (SSSR count). The minimum absolute atomic E-state index is 0.131. The SMILES string of the molecule is CCCNC(=O)C(C=O)CCC. The van der Waals surface area contributed by atoms with Gasteiger partial charge < -0.3 is 10.1 Å². The Bertz CT molecular complexity index is 145. The first-order chi connectivity index (χ1) is 5.76. The molecule has 1 amide bonds. The lowest BCUT2D eigenvalue weighted by Crippen LogP contribution is -2.31. The number of amides is 1. The average molecular weight is 171 g/mol. The number of carbonyl (C=O) groups is 2. The molecule has 3 nitrogen and oxygen atoms in total. The van der Waals surface area contributed by atoms with Crippen LogP contribution in [0.1, 0.15) is 33.1 Å². The normalized spacial score (nSPS) is 12.2. The Morgan fingerprint density at radius 3 is 2.50 bits per heavy atom. The highest BCUT2D eigenvalue weighted by atomic mass is 16.2. The first-order valence-corrected chi connectivity index (χ1v) is 4.49. The fourth-order valence-corrected chi connectivity index (χ4v) is 0.951. The fraction of sp³-hybridized carbons (Fsp3) is 0.778. The number of carbonyl (C=O) groups excluding carboxylic acids is 2. The molecule has 0 spiro atoms. The molecule has 0 aliphatic heterocycles. The summed E-state index contributed by atoms with van der Waals surface area (Å²) in [6.07, 6.45) is 3.15. The Morgan fingerprint density at radius 2 is 2.08 bits per heavy atom. The first kappa shape index (κ1) is 11.1. The van der Waals surface area contributed by atoms with Gasteiger partial charge in [-0.2, -0.15) is 0 Å². The van der Waals surface area contributed by atoms with Crippen LogP contribution in [0.25, 0.3) is 0 Å². The van der Waals surface area contributed by atoms with Crippen LogP contribution in [0.4, 0.5) is 0 Å². The van der Waals surface area contributed by atoms with Crippen LogP contribution in [-0.2, 0) is 9.59 Å². The molecule has 0 heterocycles. The molecule has 0 aromatic carbocycles. The van der Waals surface area contributed by atoms with Crippen LogP contribution in [-0.4, -0.2) is 18.7 Å². The molecule has 3 heteroatoms. The van der Waals surface area contributed by atoms with Crippen LogP contribution >= 0.6 is 0 Å². The molecule has 0 fully saturated rings. The zero-order valence-corrected chi connectivity index (χ0v) is 7.80. The number of hydrogen-bond acceptors (Lipinski definition) is 2. The molecule has 12 heavy (non-hydrogen) atoms. The van der Waals surface area contributed by atoms with E-state index in [1.807, 2.05) is 13.8 Å². The Labute approximate surface area is 73.5 Å². The molecule has 0 bridgehead atoms. The molecule has 0 saturated heterocycles. The van der Waals surface area contributed by atoms with Crippen molar-refractivity contribution in [2.24, 2.45) is 5.92 Å². The van der Waals surface area contributed by atoms with E-state index >= 15 is 0 Å². The van der Waals surface area contributed by atoms with Crippen LogP contribution in [0.3, 0.4) is 0 Å². The lowest BCUT2D eigenvalue weighted by Gasteiger charge is -2.08. The van der Waals surface area contributed by atoms with E-state index in [-0.39, 0.29) is 5.91 Å². The van der Waals surface area contributed by atoms with E-state index in [1.54, 1.807) is 0 Å². The second-order valence-corrected chi connectivity index (χ2v) is 2.82. The third-order valence-corrected chi connectivity index (χ3v) is 1.65. The summed E-state index contributed by atoms with van der Waals surface area (Å²) in [4.78, 5) is 21.6. The van der Waals surface area contributed by atoms with Gasteiger partial charge in [0, 0.05) is 6.54 Å². The molecular formula is C9H17NO2. The monoisotopic (exact) mass is 171 g/mol. The van der Waals surface area contributed by atoms with Crippen molar-refractivity contribution >= 4 is 12.2 Å². The van der Waals surface area contributed by atoms with Gasteiger partial charge in [0.05, 0.1) is 5.92 Å². The lowest BCUT2D eigenvalue weighted by molar-refractivity contribution is -0.129. The molecule has 1 N–H and O–H groups in total. The van der Waals surface area contributed by atoms with Gasteiger partial charge in [-0.1, -0.05) is 20.3 Å². The zero-order valence-electron chi connectivity index (χ0n) is 7.80. The van der Waals surface area contributed by atoms with Crippen molar-refractivity contribution in [2.75, 3.05) is 6.54 Å². The van der Waals surface area contributed by atoms with E-state index < -0.39 is 5.92 Å². The quantitative estimate of drug-likeness (QED) is 0.481. The van der Waals surface area contributed by atoms with E-state index in [4.69, 9.17) is 0 Å². The summed E-state index contributed by atoms with van der Waals surface area (Å²) in [5, 5.41) is 2.70. The van der Waals surface area contributed by atoms with E-state index in [2.05, 4.69) is 5.32 Å². The van der Waals surface area contributed by atoms with Crippen molar-refractivity contribution in [3.05, 3.63) is 0 Å². The van der Waals surface area contributed by atoms with Crippen LogP contribution in [0.5, 0.6) is 0 Å². The Kier molecular flexibility index (Phi) is 6.34. The number of hydrogen-bond donors (Lipinski definition) is 1. The van der Waals surface area contributed by atoms with E-state index in [0.29, 0.717) is 13.0 Å². The standard InChI is InChI=1S/C9H17NO2/c1-3-5-8(7-11)9(12)10-6-4-2/h7-8H,3-6H2,1-2H3,(H,10,12). The zero-order chi connectivity index (χ0) is 9.40. The van der Waals surface area contributed by atoms with E-state index in [1.165, 1.54) is 0 Å². The van der Waals surface area contributed by atoms with Gasteiger partial charge >= 0.3 is 0 Å². The van der Waals surface area contributed by atoms with E-state index in [0.717, 1.165) is 19.1 Å². The summed E-state index contributed by atoms with van der Waals surface area (Å²) < 4.78 is 0. The molecule has 0 aromatic heterocycles. The maximum absolute atomic E-state index is 11.2. The number of nitrogens with one attached hydrogen (secondary N) is 1.